The first-order chi connectivity index (χ1) is 3.62. The summed E-state index contributed by atoms with van der Waals surface area (Å²) in [6.07, 6.45) is 2.29. The summed E-state index contributed by atoms with van der Waals surface area (Å²) in [4.78, 5) is 0. The van der Waals surface area contributed by atoms with Crippen LogP contribution in [0.1, 0.15) is 26.7 Å². The Labute approximate surface area is 54.2 Å². The Balaban J connectivity index is 3.37. The third-order valence-corrected chi connectivity index (χ3v) is 2.22. The van der Waals surface area contributed by atoms with Crippen LogP contribution in [0.25, 0.3) is 0 Å². The molecule has 0 saturated heterocycles. The van der Waals surface area contributed by atoms with Crippen molar-refractivity contribution in [1.29, 1.82) is 0 Å². The lowest BCUT2D eigenvalue weighted by Crippen LogP contribution is -2.18. The molecule has 0 aliphatic rings. The van der Waals surface area contributed by atoms with Gasteiger partial charge in [0.1, 0.15) is 0 Å². The highest BCUT2D eigenvalue weighted by Crippen LogP contribution is 2.24. The highest BCUT2D eigenvalue weighted by molar-refractivity contribution is 7.18. The van der Waals surface area contributed by atoms with Crippen LogP contribution in [-0.2, 0) is 0 Å². The van der Waals surface area contributed by atoms with Gasteiger partial charge in [0.2, 0.25) is 0 Å². The molecule has 2 atom stereocenters. The molecule has 2 N–H and O–H groups in total. The topological polar surface area (TPSA) is 26.0 Å². The van der Waals surface area contributed by atoms with Gasteiger partial charge in [0, 0.05) is 0 Å². The van der Waals surface area contributed by atoms with E-state index in [0.717, 1.165) is 13.0 Å². The minimum atomic E-state index is 0.384. The number of rotatable bonds is 3. The number of hydrogen-bond donors (Lipinski definition) is 1. The van der Waals surface area contributed by atoms with E-state index in [-0.39, 0.29) is 0 Å². The Morgan fingerprint density at radius 3 is 2.25 bits per heavy atom. The van der Waals surface area contributed by atoms with Crippen LogP contribution in [0.15, 0.2) is 0 Å². The van der Waals surface area contributed by atoms with Gasteiger partial charge >= 0.3 is 0 Å². The third kappa shape index (κ3) is 3.40. The second-order valence-electron chi connectivity index (χ2n) is 2.55. The molecule has 0 radical (unpaired) electrons. The minimum Gasteiger partial charge on any atom is -0.330 e. The summed E-state index contributed by atoms with van der Waals surface area (Å²) in [5, 5.41) is 0.384. The average molecular weight is 133 g/mol. The molecule has 50 valence electrons. The molecule has 0 aromatic rings. The Morgan fingerprint density at radius 1 is 1.62 bits per heavy atom. The second kappa shape index (κ2) is 3.42. The van der Waals surface area contributed by atoms with Crippen molar-refractivity contribution >= 4 is 9.24 Å². The van der Waals surface area contributed by atoms with Crippen molar-refractivity contribution in [2.24, 2.45) is 5.73 Å². The second-order valence-corrected chi connectivity index (χ2v) is 3.94. The van der Waals surface area contributed by atoms with Crippen LogP contribution in [0, 0.1) is 0 Å². The first kappa shape index (κ1) is 8.39. The third-order valence-electron chi connectivity index (χ3n) is 1.52. The lowest BCUT2D eigenvalue weighted by atomic mass is 10.0. The van der Waals surface area contributed by atoms with Crippen LogP contribution in [0.4, 0.5) is 0 Å². The fraction of sp³-hybridized carbons (Fsp3) is 1.00. The largest absolute Gasteiger partial charge is 0.330 e. The van der Waals surface area contributed by atoms with Gasteiger partial charge in [0.05, 0.1) is 0 Å². The van der Waals surface area contributed by atoms with Gasteiger partial charge in [-0.25, -0.2) is 0 Å². The number of hydrogen-bond acceptors (Lipinski definition) is 1. The summed E-state index contributed by atoms with van der Waals surface area (Å²) in [5.41, 5.74) is 5.38. The molecule has 0 bridgehead atoms. The summed E-state index contributed by atoms with van der Waals surface area (Å²) < 4.78 is 0. The SMILES string of the molecule is CCC(C)(P)CCN. The van der Waals surface area contributed by atoms with Gasteiger partial charge in [-0.3, -0.25) is 0 Å². The van der Waals surface area contributed by atoms with Gasteiger partial charge in [-0.2, -0.15) is 0 Å². The van der Waals surface area contributed by atoms with Crippen LogP contribution < -0.4 is 5.73 Å². The predicted molar refractivity (Wildman–Crippen MR) is 42.1 cm³/mol. The molecule has 0 saturated carbocycles. The Bertz CT molecular complexity index is 61.5. The van der Waals surface area contributed by atoms with E-state index in [4.69, 9.17) is 5.73 Å². The monoisotopic (exact) mass is 133 g/mol. The maximum Gasteiger partial charge on any atom is -0.00689 e. The molecule has 2 unspecified atom stereocenters. The Kier molecular flexibility index (Phi) is 3.59. The van der Waals surface area contributed by atoms with Crippen molar-refractivity contribution in [1.82, 2.24) is 0 Å². The molecule has 0 fully saturated rings. The molecule has 0 rings (SSSR count). The van der Waals surface area contributed by atoms with E-state index >= 15 is 0 Å². The zero-order valence-electron chi connectivity index (χ0n) is 5.78. The van der Waals surface area contributed by atoms with Crippen LogP contribution in [-0.4, -0.2) is 11.7 Å². The van der Waals surface area contributed by atoms with Gasteiger partial charge < -0.3 is 5.73 Å². The first-order valence-electron chi connectivity index (χ1n) is 3.11. The van der Waals surface area contributed by atoms with Crippen LogP contribution in [0.2, 0.25) is 0 Å². The van der Waals surface area contributed by atoms with Crippen LogP contribution >= 0.6 is 9.24 Å². The summed E-state index contributed by atoms with van der Waals surface area (Å²) in [6.45, 7) is 5.20. The van der Waals surface area contributed by atoms with E-state index in [1.54, 1.807) is 0 Å². The average Bonchev–Trinajstić information content (AvgIpc) is 1.67. The van der Waals surface area contributed by atoms with Gasteiger partial charge in [0.25, 0.3) is 0 Å². The lowest BCUT2D eigenvalue weighted by Gasteiger charge is -2.20. The zero-order valence-corrected chi connectivity index (χ0v) is 6.93. The van der Waals surface area contributed by atoms with Gasteiger partial charge in [-0.15, -0.1) is 9.24 Å². The fourth-order valence-corrected chi connectivity index (χ4v) is 0.673. The molecule has 0 amide bonds. The summed E-state index contributed by atoms with van der Waals surface area (Å²) in [5.74, 6) is 0. The van der Waals surface area contributed by atoms with Crippen molar-refractivity contribution in [3.05, 3.63) is 0 Å². The molecule has 0 aromatic heterocycles. The first-order valence-corrected chi connectivity index (χ1v) is 3.69. The lowest BCUT2D eigenvalue weighted by molar-refractivity contribution is 0.576. The van der Waals surface area contributed by atoms with Gasteiger partial charge in [-0.05, 0) is 24.5 Å². The van der Waals surface area contributed by atoms with Crippen LogP contribution in [0.3, 0.4) is 0 Å². The van der Waals surface area contributed by atoms with E-state index < -0.39 is 0 Å². The maximum absolute atomic E-state index is 5.38. The Hall–Kier alpha value is 0.390. The molecule has 0 aliphatic heterocycles. The highest BCUT2D eigenvalue weighted by Gasteiger charge is 2.12. The molecular formula is C6H16NP. The smallest absolute Gasteiger partial charge is 0.00689 e. The molecule has 1 nitrogen and oxygen atoms in total. The van der Waals surface area contributed by atoms with Crippen molar-refractivity contribution in [2.45, 2.75) is 31.8 Å². The van der Waals surface area contributed by atoms with Crippen molar-refractivity contribution in [3.63, 3.8) is 0 Å². The van der Waals surface area contributed by atoms with Crippen LogP contribution in [0.5, 0.6) is 0 Å². The van der Waals surface area contributed by atoms with Crippen molar-refractivity contribution in [3.8, 4) is 0 Å². The standard InChI is InChI=1S/C6H16NP/c1-3-6(2,8)4-5-7/h3-5,7-8H2,1-2H3. The maximum atomic E-state index is 5.38. The van der Waals surface area contributed by atoms with Crippen molar-refractivity contribution in [2.75, 3.05) is 6.54 Å². The van der Waals surface area contributed by atoms with E-state index in [1.807, 2.05) is 0 Å². The predicted octanol–water partition coefficient (Wildman–Crippen LogP) is 1.38. The van der Waals surface area contributed by atoms with Gasteiger partial charge in [-0.1, -0.05) is 13.8 Å². The molecule has 8 heavy (non-hydrogen) atoms. The molecule has 0 aromatic carbocycles. The molecule has 0 aliphatic carbocycles. The van der Waals surface area contributed by atoms with E-state index in [2.05, 4.69) is 23.1 Å². The molecule has 0 spiro atoms. The summed E-state index contributed by atoms with van der Waals surface area (Å²) in [7, 11) is 2.83. The van der Waals surface area contributed by atoms with E-state index in [9.17, 15) is 0 Å². The van der Waals surface area contributed by atoms with E-state index in [0.29, 0.717) is 5.16 Å². The summed E-state index contributed by atoms with van der Waals surface area (Å²) in [6, 6.07) is 0. The summed E-state index contributed by atoms with van der Waals surface area (Å²) >= 11 is 0. The molecular weight excluding hydrogens is 117 g/mol. The minimum absolute atomic E-state index is 0.384. The van der Waals surface area contributed by atoms with Crippen molar-refractivity contribution < 1.29 is 0 Å². The Morgan fingerprint density at radius 2 is 2.12 bits per heavy atom. The van der Waals surface area contributed by atoms with E-state index in [1.165, 1.54) is 6.42 Å². The number of nitrogens with two attached hydrogens (primary N) is 1. The quantitative estimate of drug-likeness (QED) is 0.578. The zero-order chi connectivity index (χ0) is 6.62. The molecule has 0 heterocycles. The molecule has 2 heteroatoms. The van der Waals surface area contributed by atoms with Gasteiger partial charge in [0.15, 0.2) is 0 Å². The fourth-order valence-electron chi connectivity index (χ4n) is 0.507. The highest BCUT2D eigenvalue weighted by atomic mass is 31.0. The normalized spacial score (nSPS) is 18.0.